The first-order valence-corrected chi connectivity index (χ1v) is 6.87. The largest absolute Gasteiger partial charge is 0.394 e. The Kier molecular flexibility index (Phi) is 7.16. The van der Waals surface area contributed by atoms with Crippen molar-refractivity contribution in [3.05, 3.63) is 23.3 Å². The lowest BCUT2D eigenvalue weighted by molar-refractivity contribution is 0.0880. The Hall–Kier alpha value is -2.15. The number of carbonyl (C=O) groups is 3. The molecule has 0 aromatic carbocycles. The molecule has 1 aromatic heterocycles. The van der Waals surface area contributed by atoms with Crippen molar-refractivity contribution in [2.24, 2.45) is 17.2 Å². The summed E-state index contributed by atoms with van der Waals surface area (Å²) in [4.78, 5) is 43.6. The molecule has 0 bridgehead atoms. The van der Waals surface area contributed by atoms with Gasteiger partial charge in [0, 0.05) is 6.20 Å². The molecule has 0 spiro atoms. The Balaban J connectivity index is 3.42. The molecule has 11 nitrogen and oxygen atoms in total. The van der Waals surface area contributed by atoms with Gasteiger partial charge in [0.05, 0.1) is 43.5 Å². The van der Waals surface area contributed by atoms with Crippen molar-refractivity contribution < 1.29 is 29.7 Å². The lowest BCUT2D eigenvalue weighted by atomic mass is 10.00. The second-order valence-electron chi connectivity index (χ2n) is 4.92. The van der Waals surface area contributed by atoms with Crippen molar-refractivity contribution in [1.29, 1.82) is 0 Å². The molecule has 132 valence electrons. The second-order valence-corrected chi connectivity index (χ2v) is 4.92. The normalized spacial score (nSPS) is 14.8. The molecule has 0 aliphatic rings. The van der Waals surface area contributed by atoms with Crippen LogP contribution in [0.4, 0.5) is 0 Å². The average Bonchev–Trinajstić information content (AvgIpc) is 2.63. The SMILES string of the molecule is NC(CO)C(=O)c1ncc(C(=O)C(N)CO)c(C(=O)C(N)CO)n1. The van der Waals surface area contributed by atoms with E-state index in [0.29, 0.717) is 0 Å². The van der Waals surface area contributed by atoms with Crippen LogP contribution in [0.25, 0.3) is 0 Å². The van der Waals surface area contributed by atoms with Gasteiger partial charge in [-0.3, -0.25) is 14.4 Å². The number of hydrogen-bond donors (Lipinski definition) is 6. The summed E-state index contributed by atoms with van der Waals surface area (Å²) in [5.41, 5.74) is 15.4. The van der Waals surface area contributed by atoms with Crippen LogP contribution in [0.1, 0.15) is 31.5 Å². The first-order chi connectivity index (χ1) is 11.3. The Bertz CT molecular complexity index is 637. The zero-order valence-electron chi connectivity index (χ0n) is 12.6. The van der Waals surface area contributed by atoms with Crippen molar-refractivity contribution in [3.63, 3.8) is 0 Å². The third kappa shape index (κ3) is 4.23. The van der Waals surface area contributed by atoms with Gasteiger partial charge in [-0.15, -0.1) is 0 Å². The molecular weight excluding hydrogens is 322 g/mol. The fourth-order valence-corrected chi connectivity index (χ4v) is 1.66. The van der Waals surface area contributed by atoms with Crippen molar-refractivity contribution in [1.82, 2.24) is 9.97 Å². The van der Waals surface area contributed by atoms with Gasteiger partial charge in [0.1, 0.15) is 5.69 Å². The minimum Gasteiger partial charge on any atom is -0.394 e. The van der Waals surface area contributed by atoms with Crippen molar-refractivity contribution in [2.75, 3.05) is 19.8 Å². The number of nitrogens with zero attached hydrogens (tertiary/aromatic N) is 2. The van der Waals surface area contributed by atoms with Crippen molar-refractivity contribution in [2.45, 2.75) is 18.1 Å². The van der Waals surface area contributed by atoms with Gasteiger partial charge in [-0.1, -0.05) is 0 Å². The molecular formula is C13H19N5O6. The highest BCUT2D eigenvalue weighted by atomic mass is 16.3. The summed E-state index contributed by atoms with van der Waals surface area (Å²) in [5, 5.41) is 26.9. The molecule has 0 aliphatic heterocycles. The molecule has 9 N–H and O–H groups in total. The molecule has 0 saturated heterocycles. The number of hydrogen-bond acceptors (Lipinski definition) is 11. The lowest BCUT2D eigenvalue weighted by Crippen LogP contribution is -2.40. The van der Waals surface area contributed by atoms with E-state index in [9.17, 15) is 14.4 Å². The van der Waals surface area contributed by atoms with Crippen LogP contribution in [0.2, 0.25) is 0 Å². The van der Waals surface area contributed by atoms with Crippen LogP contribution in [-0.4, -0.2) is 80.6 Å². The fourth-order valence-electron chi connectivity index (χ4n) is 1.66. The van der Waals surface area contributed by atoms with Gasteiger partial charge < -0.3 is 32.5 Å². The minimum atomic E-state index is -1.38. The molecule has 0 aliphatic carbocycles. The summed E-state index contributed by atoms with van der Waals surface area (Å²) in [6.45, 7) is -2.08. The van der Waals surface area contributed by atoms with Gasteiger partial charge in [0.25, 0.3) is 0 Å². The molecule has 3 atom stereocenters. The summed E-state index contributed by atoms with van der Waals surface area (Å²) < 4.78 is 0. The standard InChI is InChI=1S/C13H19N5O6/c14-6(2-19)10(22)5-1-17-13(12(24)8(16)4-21)18-9(5)11(23)7(15)3-20/h1,6-8,19-21H,2-4,14-16H2. The summed E-state index contributed by atoms with van der Waals surface area (Å²) >= 11 is 0. The highest BCUT2D eigenvalue weighted by molar-refractivity contribution is 6.11. The van der Waals surface area contributed by atoms with E-state index < -0.39 is 66.8 Å². The van der Waals surface area contributed by atoms with E-state index in [-0.39, 0.29) is 5.56 Å². The van der Waals surface area contributed by atoms with Crippen LogP contribution in [0.3, 0.4) is 0 Å². The van der Waals surface area contributed by atoms with E-state index in [1.54, 1.807) is 0 Å². The van der Waals surface area contributed by atoms with Crippen molar-refractivity contribution in [3.8, 4) is 0 Å². The number of aromatic nitrogens is 2. The summed E-state index contributed by atoms with van der Waals surface area (Å²) in [7, 11) is 0. The Morgan fingerprint density at radius 3 is 1.83 bits per heavy atom. The number of Topliss-reactive ketones (excluding diaryl/α,β-unsaturated/α-hetero) is 3. The number of carbonyl (C=O) groups excluding carboxylic acids is 3. The molecule has 0 fully saturated rings. The fraction of sp³-hybridized carbons (Fsp3) is 0.462. The smallest absolute Gasteiger partial charge is 0.219 e. The van der Waals surface area contributed by atoms with Crippen LogP contribution >= 0.6 is 0 Å². The van der Waals surface area contributed by atoms with Gasteiger partial charge in [0.2, 0.25) is 11.6 Å². The van der Waals surface area contributed by atoms with Crippen LogP contribution in [0.15, 0.2) is 6.20 Å². The van der Waals surface area contributed by atoms with Crippen LogP contribution in [0.5, 0.6) is 0 Å². The number of aliphatic hydroxyl groups is 3. The molecule has 1 aromatic rings. The minimum absolute atomic E-state index is 0.348. The summed E-state index contributed by atoms with van der Waals surface area (Å²) in [6.07, 6.45) is 0.888. The van der Waals surface area contributed by atoms with Gasteiger partial charge in [-0.05, 0) is 0 Å². The predicted octanol–water partition coefficient (Wildman–Crippen LogP) is -4.02. The van der Waals surface area contributed by atoms with Gasteiger partial charge >= 0.3 is 0 Å². The maximum Gasteiger partial charge on any atom is 0.219 e. The molecule has 0 amide bonds. The first kappa shape index (κ1) is 19.9. The van der Waals surface area contributed by atoms with E-state index in [0.717, 1.165) is 6.20 Å². The van der Waals surface area contributed by atoms with Crippen LogP contribution in [0, 0.1) is 0 Å². The van der Waals surface area contributed by atoms with E-state index in [4.69, 9.17) is 32.5 Å². The zero-order valence-corrected chi connectivity index (χ0v) is 12.6. The molecule has 0 radical (unpaired) electrons. The maximum absolute atomic E-state index is 12.2. The number of aliphatic hydroxyl groups excluding tert-OH is 3. The highest BCUT2D eigenvalue weighted by Gasteiger charge is 2.29. The third-order valence-corrected chi connectivity index (χ3v) is 3.11. The molecule has 0 saturated carbocycles. The Morgan fingerprint density at radius 1 is 0.875 bits per heavy atom. The third-order valence-electron chi connectivity index (χ3n) is 3.11. The molecule has 1 heterocycles. The van der Waals surface area contributed by atoms with E-state index in [2.05, 4.69) is 9.97 Å². The van der Waals surface area contributed by atoms with Crippen LogP contribution < -0.4 is 17.2 Å². The molecule has 24 heavy (non-hydrogen) atoms. The number of rotatable bonds is 9. The molecule has 11 heteroatoms. The molecule has 1 rings (SSSR count). The number of nitrogens with two attached hydrogens (primary N) is 3. The summed E-state index contributed by atoms with van der Waals surface area (Å²) in [5.74, 6) is -3.11. The van der Waals surface area contributed by atoms with Gasteiger partial charge in [-0.25, -0.2) is 9.97 Å². The Morgan fingerprint density at radius 2 is 1.33 bits per heavy atom. The predicted molar refractivity (Wildman–Crippen MR) is 80.2 cm³/mol. The first-order valence-electron chi connectivity index (χ1n) is 6.87. The quantitative estimate of drug-likeness (QED) is 0.238. The number of ketones is 3. The average molecular weight is 341 g/mol. The second kappa shape index (κ2) is 8.63. The topological polar surface area (TPSA) is 216 Å². The van der Waals surface area contributed by atoms with E-state index >= 15 is 0 Å². The van der Waals surface area contributed by atoms with Crippen molar-refractivity contribution >= 4 is 17.3 Å². The Labute approximate surface area is 136 Å². The van der Waals surface area contributed by atoms with E-state index in [1.807, 2.05) is 0 Å². The molecule has 3 unspecified atom stereocenters. The van der Waals surface area contributed by atoms with Crippen LogP contribution in [-0.2, 0) is 0 Å². The maximum atomic E-state index is 12.2. The monoisotopic (exact) mass is 341 g/mol. The van der Waals surface area contributed by atoms with E-state index in [1.165, 1.54) is 0 Å². The lowest BCUT2D eigenvalue weighted by Gasteiger charge is -2.14. The zero-order chi connectivity index (χ0) is 18.4. The highest BCUT2D eigenvalue weighted by Crippen LogP contribution is 2.12. The van der Waals surface area contributed by atoms with Gasteiger partial charge in [0.15, 0.2) is 11.6 Å². The van der Waals surface area contributed by atoms with Gasteiger partial charge in [-0.2, -0.15) is 0 Å². The summed E-state index contributed by atoms with van der Waals surface area (Å²) in [6, 6.07) is -4.02.